The number of hydrogen-bond donors (Lipinski definition) is 2. The van der Waals surface area contributed by atoms with E-state index in [1.165, 1.54) is 5.56 Å². The summed E-state index contributed by atoms with van der Waals surface area (Å²) in [6, 6.07) is 7.96. The number of anilines is 1. The second kappa shape index (κ2) is 6.88. The zero-order valence-corrected chi connectivity index (χ0v) is 15.1. The summed E-state index contributed by atoms with van der Waals surface area (Å²) in [5, 5.41) is 6.27. The summed E-state index contributed by atoms with van der Waals surface area (Å²) < 4.78 is 1.90. The molecule has 1 aromatic carbocycles. The number of hydrogen-bond acceptors (Lipinski definition) is 4. The smallest absolute Gasteiger partial charge is 0.256 e. The van der Waals surface area contributed by atoms with Crippen molar-refractivity contribution in [3.8, 4) is 0 Å². The number of nitrogens with one attached hydrogen (secondary N) is 2. The molecular weight excluding hydrogens is 326 g/mol. The van der Waals surface area contributed by atoms with Crippen LogP contribution in [0, 0.1) is 13.8 Å². The number of aromatic nitrogens is 3. The Morgan fingerprint density at radius 2 is 1.85 bits per heavy atom. The minimum absolute atomic E-state index is 0.146. The summed E-state index contributed by atoms with van der Waals surface area (Å²) in [6.07, 6.45) is 6.02. The fraction of sp³-hybridized carbons (Fsp3) is 0.350. The van der Waals surface area contributed by atoms with E-state index in [0.717, 1.165) is 43.0 Å². The number of carbonyl (C=O) groups excluding carboxylic acids is 1. The largest absolute Gasteiger partial charge is 0.317 e. The monoisotopic (exact) mass is 349 g/mol. The lowest BCUT2D eigenvalue weighted by Crippen LogP contribution is -2.26. The molecule has 0 unspecified atom stereocenters. The molecule has 1 saturated heterocycles. The quantitative estimate of drug-likeness (QED) is 0.762. The second-order valence-corrected chi connectivity index (χ2v) is 6.93. The van der Waals surface area contributed by atoms with E-state index in [4.69, 9.17) is 0 Å². The number of aryl methyl sites for hydroxylation is 2. The summed E-state index contributed by atoms with van der Waals surface area (Å²) in [6.45, 7) is 5.98. The molecule has 2 aromatic heterocycles. The summed E-state index contributed by atoms with van der Waals surface area (Å²) in [7, 11) is 0. The molecule has 0 saturated carbocycles. The van der Waals surface area contributed by atoms with Crippen LogP contribution in [-0.4, -0.2) is 33.4 Å². The Hall–Kier alpha value is -2.73. The van der Waals surface area contributed by atoms with E-state index in [1.54, 1.807) is 0 Å². The SMILES string of the molecule is Cc1cn2cc(NC(=O)c3ccc(C4CCNCC4)cc3)nc2c(C)n1. The average molecular weight is 349 g/mol. The zero-order valence-electron chi connectivity index (χ0n) is 15.1. The molecule has 3 aromatic rings. The molecule has 6 heteroatoms. The molecule has 134 valence electrons. The van der Waals surface area contributed by atoms with Gasteiger partial charge in [-0.3, -0.25) is 9.78 Å². The minimum atomic E-state index is -0.146. The van der Waals surface area contributed by atoms with Gasteiger partial charge in [0.15, 0.2) is 11.5 Å². The molecule has 4 rings (SSSR count). The van der Waals surface area contributed by atoms with Gasteiger partial charge in [-0.2, -0.15) is 0 Å². The highest BCUT2D eigenvalue weighted by atomic mass is 16.1. The lowest BCUT2D eigenvalue weighted by Gasteiger charge is -2.23. The van der Waals surface area contributed by atoms with Crippen molar-refractivity contribution >= 4 is 17.4 Å². The number of benzene rings is 1. The molecule has 0 aliphatic carbocycles. The fourth-order valence-electron chi connectivity index (χ4n) is 3.62. The first kappa shape index (κ1) is 16.7. The van der Waals surface area contributed by atoms with Gasteiger partial charge in [0.1, 0.15) is 0 Å². The van der Waals surface area contributed by atoms with E-state index in [2.05, 4.69) is 32.7 Å². The maximum absolute atomic E-state index is 12.5. The lowest BCUT2D eigenvalue weighted by molar-refractivity contribution is 0.102. The Morgan fingerprint density at radius 1 is 1.12 bits per heavy atom. The van der Waals surface area contributed by atoms with Crippen LogP contribution >= 0.6 is 0 Å². The normalized spacial score (nSPS) is 15.3. The van der Waals surface area contributed by atoms with Crippen molar-refractivity contribution in [2.45, 2.75) is 32.6 Å². The van der Waals surface area contributed by atoms with Crippen LogP contribution in [0.1, 0.15) is 46.1 Å². The fourth-order valence-corrected chi connectivity index (χ4v) is 3.62. The highest BCUT2D eigenvalue weighted by molar-refractivity contribution is 6.03. The van der Waals surface area contributed by atoms with E-state index >= 15 is 0 Å². The third-order valence-corrected chi connectivity index (χ3v) is 4.95. The van der Waals surface area contributed by atoms with Crippen molar-refractivity contribution in [3.63, 3.8) is 0 Å². The number of nitrogens with zero attached hydrogens (tertiary/aromatic N) is 3. The Balaban J connectivity index is 1.50. The second-order valence-electron chi connectivity index (χ2n) is 6.93. The van der Waals surface area contributed by atoms with Gasteiger partial charge in [0.25, 0.3) is 5.91 Å². The Bertz CT molecular complexity index is 939. The van der Waals surface area contributed by atoms with Gasteiger partial charge in [0, 0.05) is 11.8 Å². The van der Waals surface area contributed by atoms with Gasteiger partial charge in [0.2, 0.25) is 0 Å². The third kappa shape index (κ3) is 3.32. The summed E-state index contributed by atoms with van der Waals surface area (Å²) in [5.74, 6) is 0.978. The summed E-state index contributed by atoms with van der Waals surface area (Å²) in [5.41, 5.74) is 4.47. The number of rotatable bonds is 3. The first-order valence-electron chi connectivity index (χ1n) is 9.05. The van der Waals surface area contributed by atoms with Crippen molar-refractivity contribution in [3.05, 3.63) is 59.2 Å². The molecule has 26 heavy (non-hydrogen) atoms. The first-order chi connectivity index (χ1) is 12.6. The van der Waals surface area contributed by atoms with Crippen LogP contribution in [0.5, 0.6) is 0 Å². The van der Waals surface area contributed by atoms with Crippen molar-refractivity contribution in [1.82, 2.24) is 19.7 Å². The minimum Gasteiger partial charge on any atom is -0.317 e. The van der Waals surface area contributed by atoms with Crippen molar-refractivity contribution < 1.29 is 4.79 Å². The van der Waals surface area contributed by atoms with Gasteiger partial charge in [-0.15, -0.1) is 0 Å². The van der Waals surface area contributed by atoms with Crippen LogP contribution in [-0.2, 0) is 0 Å². The van der Waals surface area contributed by atoms with Crippen molar-refractivity contribution in [2.75, 3.05) is 18.4 Å². The van der Waals surface area contributed by atoms with E-state index < -0.39 is 0 Å². The number of amides is 1. The first-order valence-corrected chi connectivity index (χ1v) is 9.05. The van der Waals surface area contributed by atoms with Gasteiger partial charge < -0.3 is 15.0 Å². The van der Waals surface area contributed by atoms with Crippen LogP contribution in [0.4, 0.5) is 5.82 Å². The van der Waals surface area contributed by atoms with Crippen LogP contribution in [0.15, 0.2) is 36.7 Å². The molecule has 0 spiro atoms. The van der Waals surface area contributed by atoms with Gasteiger partial charge in [-0.25, -0.2) is 4.98 Å². The van der Waals surface area contributed by atoms with E-state index in [1.807, 2.05) is 42.8 Å². The number of piperidine rings is 1. The van der Waals surface area contributed by atoms with Crippen molar-refractivity contribution in [1.29, 1.82) is 0 Å². The van der Waals surface area contributed by atoms with Gasteiger partial charge in [-0.1, -0.05) is 12.1 Å². The average Bonchev–Trinajstić information content (AvgIpc) is 3.05. The molecule has 1 fully saturated rings. The summed E-state index contributed by atoms with van der Waals surface area (Å²) in [4.78, 5) is 21.4. The number of fused-ring (bicyclic) bond motifs is 1. The maximum atomic E-state index is 12.5. The number of imidazole rings is 1. The Labute approximate surface area is 152 Å². The predicted octanol–water partition coefficient (Wildman–Crippen LogP) is 3.07. The van der Waals surface area contributed by atoms with E-state index in [0.29, 0.717) is 17.3 Å². The van der Waals surface area contributed by atoms with Gasteiger partial charge >= 0.3 is 0 Å². The van der Waals surface area contributed by atoms with Crippen LogP contribution in [0.25, 0.3) is 5.65 Å². The standard InChI is InChI=1S/C20H23N5O/c1-13-11-25-12-18(23-19(25)14(2)22-13)24-20(26)17-5-3-15(4-6-17)16-7-9-21-10-8-16/h3-6,11-12,16,21H,7-10H2,1-2H3,(H,24,26). The highest BCUT2D eigenvalue weighted by Crippen LogP contribution is 2.25. The lowest BCUT2D eigenvalue weighted by atomic mass is 9.90. The van der Waals surface area contributed by atoms with E-state index in [-0.39, 0.29) is 5.91 Å². The van der Waals surface area contributed by atoms with Gasteiger partial charge in [-0.05, 0) is 63.4 Å². The molecule has 3 heterocycles. The molecule has 0 atom stereocenters. The topological polar surface area (TPSA) is 71.3 Å². The Morgan fingerprint density at radius 3 is 2.58 bits per heavy atom. The molecule has 1 amide bonds. The molecular formula is C20H23N5O. The van der Waals surface area contributed by atoms with Crippen molar-refractivity contribution in [2.24, 2.45) is 0 Å². The third-order valence-electron chi connectivity index (χ3n) is 4.95. The van der Waals surface area contributed by atoms with Crippen LogP contribution in [0.2, 0.25) is 0 Å². The molecule has 0 radical (unpaired) electrons. The predicted molar refractivity (Wildman–Crippen MR) is 102 cm³/mol. The molecule has 2 N–H and O–H groups in total. The Kier molecular flexibility index (Phi) is 4.42. The molecule has 1 aliphatic rings. The van der Waals surface area contributed by atoms with E-state index in [9.17, 15) is 4.79 Å². The van der Waals surface area contributed by atoms with Crippen LogP contribution in [0.3, 0.4) is 0 Å². The molecule has 1 aliphatic heterocycles. The van der Waals surface area contributed by atoms with Gasteiger partial charge in [0.05, 0.1) is 17.6 Å². The molecule has 0 bridgehead atoms. The van der Waals surface area contributed by atoms with Crippen LogP contribution < -0.4 is 10.6 Å². The number of carbonyl (C=O) groups is 1. The zero-order chi connectivity index (χ0) is 18.1. The maximum Gasteiger partial charge on any atom is 0.256 e. The summed E-state index contributed by atoms with van der Waals surface area (Å²) >= 11 is 0. The molecule has 6 nitrogen and oxygen atoms in total. The highest BCUT2D eigenvalue weighted by Gasteiger charge is 2.16.